The molecule has 0 aliphatic carbocycles. The van der Waals surface area contributed by atoms with E-state index in [1.165, 1.54) is 116 Å². The quantitative estimate of drug-likeness (QED) is 0.0501. The van der Waals surface area contributed by atoms with E-state index in [1.807, 2.05) is 0 Å². The average molecular weight is 724 g/mol. The highest BCUT2D eigenvalue weighted by atomic mass is 16.5. The SMILES string of the molecule is CCCCCCCCCC(=O)OCCC(C)(C)CCCCN(CCO)CCCCCCCC(=O)OCC(CCCCCCC)CCCCCCC. The van der Waals surface area contributed by atoms with Gasteiger partial charge in [-0.25, -0.2) is 0 Å². The largest absolute Gasteiger partial charge is 0.466 e. The van der Waals surface area contributed by atoms with Gasteiger partial charge < -0.3 is 19.5 Å². The summed E-state index contributed by atoms with van der Waals surface area (Å²) in [5.41, 5.74) is 0.164. The minimum atomic E-state index is -0.0348. The fraction of sp³-hybridized carbons (Fsp3) is 0.956. The van der Waals surface area contributed by atoms with Crippen LogP contribution in [0.1, 0.15) is 227 Å². The maximum Gasteiger partial charge on any atom is 0.305 e. The first kappa shape index (κ1) is 49.9. The van der Waals surface area contributed by atoms with E-state index in [2.05, 4.69) is 39.5 Å². The van der Waals surface area contributed by atoms with Gasteiger partial charge >= 0.3 is 11.9 Å². The Bertz CT molecular complexity index is 743. The molecule has 0 aromatic carbocycles. The van der Waals surface area contributed by atoms with Crippen LogP contribution < -0.4 is 0 Å². The van der Waals surface area contributed by atoms with E-state index in [0.717, 1.165) is 83.8 Å². The Kier molecular flexibility index (Phi) is 36.4. The molecule has 6 heteroatoms. The van der Waals surface area contributed by atoms with Gasteiger partial charge in [-0.2, -0.15) is 0 Å². The van der Waals surface area contributed by atoms with Crippen molar-refractivity contribution < 1.29 is 24.2 Å². The van der Waals surface area contributed by atoms with E-state index in [0.29, 0.717) is 32.0 Å². The number of carbonyl (C=O) groups excluding carboxylic acids is 2. The van der Waals surface area contributed by atoms with Crippen LogP contribution in [-0.2, 0) is 19.1 Å². The van der Waals surface area contributed by atoms with Gasteiger partial charge in [-0.05, 0) is 75.8 Å². The van der Waals surface area contributed by atoms with Crippen molar-refractivity contribution in [2.24, 2.45) is 11.3 Å². The molecule has 0 heterocycles. The number of ether oxygens (including phenoxy) is 2. The zero-order chi connectivity index (χ0) is 37.7. The summed E-state index contributed by atoms with van der Waals surface area (Å²) < 4.78 is 11.3. The topological polar surface area (TPSA) is 76.1 Å². The van der Waals surface area contributed by atoms with Crippen LogP contribution in [0.2, 0.25) is 0 Å². The fourth-order valence-corrected chi connectivity index (χ4v) is 7.08. The Morgan fingerprint density at radius 1 is 0.529 bits per heavy atom. The predicted molar refractivity (Wildman–Crippen MR) is 218 cm³/mol. The molecule has 0 amide bonds. The van der Waals surface area contributed by atoms with E-state index in [4.69, 9.17) is 9.47 Å². The number of hydrogen-bond donors (Lipinski definition) is 1. The third-order valence-electron chi connectivity index (χ3n) is 10.8. The molecular weight excluding hydrogens is 634 g/mol. The summed E-state index contributed by atoms with van der Waals surface area (Å²) in [5, 5.41) is 9.60. The highest BCUT2D eigenvalue weighted by molar-refractivity contribution is 5.69. The zero-order valence-electron chi connectivity index (χ0n) is 35.1. The van der Waals surface area contributed by atoms with Crippen molar-refractivity contribution in [3.63, 3.8) is 0 Å². The normalized spacial score (nSPS) is 11.9. The van der Waals surface area contributed by atoms with Crippen molar-refractivity contribution in [2.75, 3.05) is 39.5 Å². The molecule has 0 aromatic heterocycles. The van der Waals surface area contributed by atoms with Crippen LogP contribution in [0.3, 0.4) is 0 Å². The van der Waals surface area contributed by atoms with Crippen molar-refractivity contribution in [3.05, 3.63) is 0 Å². The second-order valence-corrected chi connectivity index (χ2v) is 16.5. The molecular formula is C45H89NO5. The van der Waals surface area contributed by atoms with Gasteiger partial charge in [0.05, 0.1) is 19.8 Å². The molecule has 0 fully saturated rings. The Morgan fingerprint density at radius 3 is 1.47 bits per heavy atom. The van der Waals surface area contributed by atoms with Crippen LogP contribution in [0.15, 0.2) is 0 Å². The molecule has 1 N–H and O–H groups in total. The van der Waals surface area contributed by atoms with Gasteiger partial charge in [0.2, 0.25) is 0 Å². The molecule has 0 aromatic rings. The molecule has 304 valence electrons. The van der Waals surface area contributed by atoms with Gasteiger partial charge in [0.25, 0.3) is 0 Å². The number of rotatable bonds is 40. The highest BCUT2D eigenvalue weighted by Gasteiger charge is 2.19. The van der Waals surface area contributed by atoms with Gasteiger partial charge in [0.1, 0.15) is 0 Å². The molecule has 6 nitrogen and oxygen atoms in total. The molecule has 0 aliphatic heterocycles. The Balaban J connectivity index is 4.04. The van der Waals surface area contributed by atoms with Crippen LogP contribution >= 0.6 is 0 Å². The number of unbranched alkanes of at least 4 members (excludes halogenated alkanes) is 19. The first-order chi connectivity index (χ1) is 24.8. The predicted octanol–water partition coefficient (Wildman–Crippen LogP) is 12.8. The van der Waals surface area contributed by atoms with Crippen molar-refractivity contribution in [1.29, 1.82) is 0 Å². The molecule has 0 unspecified atom stereocenters. The molecule has 0 bridgehead atoms. The van der Waals surface area contributed by atoms with Crippen molar-refractivity contribution in [3.8, 4) is 0 Å². The second-order valence-electron chi connectivity index (χ2n) is 16.5. The third-order valence-corrected chi connectivity index (χ3v) is 10.8. The Morgan fingerprint density at radius 2 is 0.961 bits per heavy atom. The molecule has 0 saturated heterocycles. The lowest BCUT2D eigenvalue weighted by Crippen LogP contribution is -2.29. The highest BCUT2D eigenvalue weighted by Crippen LogP contribution is 2.28. The van der Waals surface area contributed by atoms with Crippen LogP contribution in [-0.4, -0.2) is 61.4 Å². The van der Waals surface area contributed by atoms with Crippen LogP contribution in [0.4, 0.5) is 0 Å². The van der Waals surface area contributed by atoms with E-state index in [-0.39, 0.29) is 24.0 Å². The summed E-state index contributed by atoms with van der Waals surface area (Å²) in [6, 6.07) is 0. The number of aliphatic hydroxyl groups is 1. The van der Waals surface area contributed by atoms with Gasteiger partial charge in [-0.1, -0.05) is 163 Å². The second kappa shape index (κ2) is 37.2. The number of hydrogen-bond acceptors (Lipinski definition) is 6. The molecule has 0 rings (SSSR count). The van der Waals surface area contributed by atoms with Crippen molar-refractivity contribution in [1.82, 2.24) is 4.90 Å². The smallest absolute Gasteiger partial charge is 0.305 e. The van der Waals surface area contributed by atoms with Crippen molar-refractivity contribution >= 4 is 11.9 Å². The van der Waals surface area contributed by atoms with Gasteiger partial charge in [-0.15, -0.1) is 0 Å². The van der Waals surface area contributed by atoms with Crippen molar-refractivity contribution in [2.45, 2.75) is 227 Å². The standard InChI is InChI=1S/C45H89NO5/c1-6-9-12-15-16-20-25-32-43(48)50-40-35-45(4,5)34-27-29-37-46(38-39-47)36-28-22-17-21-26-33-44(49)51-41-42(30-23-18-13-10-7-2)31-24-19-14-11-8-3/h42,47H,6-41H2,1-5H3. The summed E-state index contributed by atoms with van der Waals surface area (Å²) in [7, 11) is 0. The van der Waals surface area contributed by atoms with E-state index < -0.39 is 0 Å². The minimum Gasteiger partial charge on any atom is -0.466 e. The minimum absolute atomic E-state index is 0.00548. The number of aliphatic hydroxyl groups excluding tert-OH is 1. The van der Waals surface area contributed by atoms with Gasteiger partial charge in [0.15, 0.2) is 0 Å². The summed E-state index contributed by atoms with van der Waals surface area (Å²) in [5.74, 6) is 0.493. The van der Waals surface area contributed by atoms with Crippen LogP contribution in [0.5, 0.6) is 0 Å². The third kappa shape index (κ3) is 35.6. The van der Waals surface area contributed by atoms with Gasteiger partial charge in [-0.3, -0.25) is 9.59 Å². The first-order valence-corrected chi connectivity index (χ1v) is 22.4. The number of carbonyl (C=O) groups is 2. The molecule has 0 saturated carbocycles. The summed E-state index contributed by atoms with van der Waals surface area (Å²) in [6.45, 7) is 15.5. The zero-order valence-corrected chi connectivity index (χ0v) is 35.1. The molecule has 0 atom stereocenters. The lowest BCUT2D eigenvalue weighted by Gasteiger charge is -2.26. The summed E-state index contributed by atoms with van der Waals surface area (Å²) in [4.78, 5) is 27.0. The first-order valence-electron chi connectivity index (χ1n) is 22.4. The number of nitrogens with zero attached hydrogens (tertiary/aromatic N) is 1. The number of esters is 2. The van der Waals surface area contributed by atoms with E-state index in [1.54, 1.807) is 0 Å². The molecule has 0 aliphatic rings. The fourth-order valence-electron chi connectivity index (χ4n) is 7.08. The summed E-state index contributed by atoms with van der Waals surface area (Å²) in [6.07, 6.45) is 34.8. The molecule has 51 heavy (non-hydrogen) atoms. The van der Waals surface area contributed by atoms with Gasteiger partial charge in [0, 0.05) is 19.4 Å². The lowest BCUT2D eigenvalue weighted by molar-refractivity contribution is -0.146. The lowest BCUT2D eigenvalue weighted by atomic mass is 9.84. The van der Waals surface area contributed by atoms with E-state index >= 15 is 0 Å². The average Bonchev–Trinajstić information content (AvgIpc) is 3.10. The van der Waals surface area contributed by atoms with E-state index in [9.17, 15) is 14.7 Å². The van der Waals surface area contributed by atoms with Crippen LogP contribution in [0.25, 0.3) is 0 Å². The maximum absolute atomic E-state index is 12.5. The summed E-state index contributed by atoms with van der Waals surface area (Å²) >= 11 is 0. The molecule has 0 spiro atoms. The van der Waals surface area contributed by atoms with Crippen LogP contribution in [0, 0.1) is 11.3 Å². The monoisotopic (exact) mass is 724 g/mol. The maximum atomic E-state index is 12.5. The Labute approximate surface area is 318 Å². The molecule has 0 radical (unpaired) electrons. The Hall–Kier alpha value is -1.14.